The zero-order valence-electron chi connectivity index (χ0n) is 12.4. The zero-order valence-corrected chi connectivity index (χ0v) is 12.4. The highest BCUT2D eigenvalue weighted by molar-refractivity contribution is 5.16. The van der Waals surface area contributed by atoms with Crippen molar-refractivity contribution in [2.75, 3.05) is 26.3 Å². The first-order valence-electron chi connectivity index (χ1n) is 7.94. The fourth-order valence-corrected chi connectivity index (χ4v) is 3.49. The highest BCUT2D eigenvalue weighted by Gasteiger charge is 2.30. The Kier molecular flexibility index (Phi) is 4.71. The quantitative estimate of drug-likeness (QED) is 0.913. The average molecular weight is 274 g/mol. The number of hydrogen-bond donors (Lipinski definition) is 1. The Labute approximate surface area is 122 Å². The molecule has 1 aromatic carbocycles. The summed E-state index contributed by atoms with van der Waals surface area (Å²) in [5.41, 5.74) is 1.43. The summed E-state index contributed by atoms with van der Waals surface area (Å²) < 4.78 is 5.59. The predicted molar refractivity (Wildman–Crippen MR) is 81.9 cm³/mol. The molecule has 3 rings (SSSR count). The van der Waals surface area contributed by atoms with E-state index < -0.39 is 0 Å². The molecule has 3 heteroatoms. The Balaban J connectivity index is 1.65. The third-order valence-electron chi connectivity index (χ3n) is 4.69. The summed E-state index contributed by atoms with van der Waals surface area (Å²) in [4.78, 5) is 2.68. The fourth-order valence-electron chi connectivity index (χ4n) is 3.49. The van der Waals surface area contributed by atoms with Gasteiger partial charge in [0.2, 0.25) is 0 Å². The van der Waals surface area contributed by atoms with Gasteiger partial charge in [-0.3, -0.25) is 4.90 Å². The van der Waals surface area contributed by atoms with E-state index in [2.05, 4.69) is 47.5 Å². The molecule has 2 aliphatic heterocycles. The molecule has 2 heterocycles. The summed E-state index contributed by atoms with van der Waals surface area (Å²) in [7, 11) is 0. The summed E-state index contributed by atoms with van der Waals surface area (Å²) >= 11 is 0. The van der Waals surface area contributed by atoms with Crippen molar-refractivity contribution in [3.05, 3.63) is 35.9 Å². The van der Waals surface area contributed by atoms with Crippen LogP contribution in [0.15, 0.2) is 30.3 Å². The first kappa shape index (κ1) is 14.1. The SMILES string of the molecule is CC1CCNC(Cc2ccccc2)CN1C1CCOC1. The van der Waals surface area contributed by atoms with Gasteiger partial charge in [0.1, 0.15) is 0 Å². The monoisotopic (exact) mass is 274 g/mol. The molecule has 20 heavy (non-hydrogen) atoms. The molecule has 3 unspecified atom stereocenters. The smallest absolute Gasteiger partial charge is 0.0622 e. The lowest BCUT2D eigenvalue weighted by atomic mass is 10.0. The molecule has 3 nitrogen and oxygen atoms in total. The van der Waals surface area contributed by atoms with E-state index in [0.717, 1.165) is 32.7 Å². The Hall–Kier alpha value is -0.900. The summed E-state index contributed by atoms with van der Waals surface area (Å²) in [6, 6.07) is 12.7. The van der Waals surface area contributed by atoms with Gasteiger partial charge in [0.25, 0.3) is 0 Å². The molecule has 110 valence electrons. The molecule has 1 N–H and O–H groups in total. The van der Waals surface area contributed by atoms with Gasteiger partial charge in [0.15, 0.2) is 0 Å². The van der Waals surface area contributed by atoms with Crippen LogP contribution in [-0.2, 0) is 11.2 Å². The van der Waals surface area contributed by atoms with Crippen LogP contribution in [0.5, 0.6) is 0 Å². The van der Waals surface area contributed by atoms with Crippen molar-refractivity contribution in [1.29, 1.82) is 0 Å². The van der Waals surface area contributed by atoms with Crippen molar-refractivity contribution in [2.45, 2.75) is 44.3 Å². The maximum Gasteiger partial charge on any atom is 0.0622 e. The minimum atomic E-state index is 0.558. The van der Waals surface area contributed by atoms with Gasteiger partial charge in [-0.25, -0.2) is 0 Å². The molecule has 0 radical (unpaired) electrons. The molecule has 2 saturated heterocycles. The molecular weight excluding hydrogens is 248 g/mol. The first-order chi connectivity index (χ1) is 9.83. The molecule has 0 saturated carbocycles. The molecule has 0 aromatic heterocycles. The largest absolute Gasteiger partial charge is 0.380 e. The van der Waals surface area contributed by atoms with Crippen LogP contribution in [0, 0.1) is 0 Å². The molecule has 2 aliphatic rings. The summed E-state index contributed by atoms with van der Waals surface area (Å²) in [5, 5.41) is 3.73. The van der Waals surface area contributed by atoms with E-state index in [4.69, 9.17) is 4.74 Å². The fraction of sp³-hybridized carbons (Fsp3) is 0.647. The third-order valence-corrected chi connectivity index (χ3v) is 4.69. The van der Waals surface area contributed by atoms with E-state index >= 15 is 0 Å². The second kappa shape index (κ2) is 6.70. The minimum absolute atomic E-state index is 0.558. The van der Waals surface area contributed by atoms with Crippen molar-refractivity contribution >= 4 is 0 Å². The van der Waals surface area contributed by atoms with Gasteiger partial charge in [-0.05, 0) is 38.3 Å². The van der Waals surface area contributed by atoms with Crippen molar-refractivity contribution in [3.63, 3.8) is 0 Å². The van der Waals surface area contributed by atoms with Crippen LogP contribution in [0.1, 0.15) is 25.3 Å². The summed E-state index contributed by atoms with van der Waals surface area (Å²) in [6.45, 7) is 6.49. The van der Waals surface area contributed by atoms with Gasteiger partial charge in [-0.15, -0.1) is 0 Å². The highest BCUT2D eigenvalue weighted by Crippen LogP contribution is 2.20. The van der Waals surface area contributed by atoms with Crippen molar-refractivity contribution in [1.82, 2.24) is 10.2 Å². The summed E-state index contributed by atoms with van der Waals surface area (Å²) in [6.07, 6.45) is 3.56. The minimum Gasteiger partial charge on any atom is -0.380 e. The molecular formula is C17H26N2O. The predicted octanol–water partition coefficient (Wildman–Crippen LogP) is 2.07. The van der Waals surface area contributed by atoms with Crippen LogP contribution in [0.3, 0.4) is 0 Å². The lowest BCUT2D eigenvalue weighted by molar-refractivity contribution is 0.113. The third kappa shape index (κ3) is 3.40. The van der Waals surface area contributed by atoms with Crippen molar-refractivity contribution in [2.24, 2.45) is 0 Å². The van der Waals surface area contributed by atoms with Crippen molar-refractivity contribution < 1.29 is 4.74 Å². The average Bonchev–Trinajstić information content (AvgIpc) is 2.93. The van der Waals surface area contributed by atoms with Crippen LogP contribution in [0.25, 0.3) is 0 Å². The van der Waals surface area contributed by atoms with E-state index in [0.29, 0.717) is 18.1 Å². The molecule has 3 atom stereocenters. The van der Waals surface area contributed by atoms with Crippen LogP contribution in [0.2, 0.25) is 0 Å². The maximum atomic E-state index is 5.59. The number of nitrogens with one attached hydrogen (secondary N) is 1. The standard InChI is InChI=1S/C17H26N2O/c1-14-7-9-18-16(11-15-5-3-2-4-6-15)12-19(14)17-8-10-20-13-17/h2-6,14,16-18H,7-13H2,1H3. The van der Waals surface area contributed by atoms with E-state index in [1.807, 2.05) is 0 Å². The maximum absolute atomic E-state index is 5.59. The van der Waals surface area contributed by atoms with E-state index in [-0.39, 0.29) is 0 Å². The second-order valence-electron chi connectivity index (χ2n) is 6.19. The number of rotatable bonds is 3. The van der Waals surface area contributed by atoms with Gasteiger partial charge < -0.3 is 10.1 Å². The lowest BCUT2D eigenvalue weighted by Gasteiger charge is -2.33. The molecule has 2 fully saturated rings. The Morgan fingerprint density at radius 1 is 1.25 bits per heavy atom. The second-order valence-corrected chi connectivity index (χ2v) is 6.19. The van der Waals surface area contributed by atoms with Crippen LogP contribution in [0.4, 0.5) is 0 Å². The van der Waals surface area contributed by atoms with Crippen LogP contribution < -0.4 is 5.32 Å². The van der Waals surface area contributed by atoms with E-state index in [1.165, 1.54) is 18.4 Å². The number of benzene rings is 1. The van der Waals surface area contributed by atoms with E-state index in [1.54, 1.807) is 0 Å². The van der Waals surface area contributed by atoms with E-state index in [9.17, 15) is 0 Å². The number of hydrogen-bond acceptors (Lipinski definition) is 3. The Morgan fingerprint density at radius 2 is 2.10 bits per heavy atom. The topological polar surface area (TPSA) is 24.5 Å². The normalized spacial score (nSPS) is 32.1. The number of ether oxygens (including phenoxy) is 1. The van der Waals surface area contributed by atoms with Gasteiger partial charge in [0.05, 0.1) is 6.61 Å². The van der Waals surface area contributed by atoms with Gasteiger partial charge in [-0.2, -0.15) is 0 Å². The van der Waals surface area contributed by atoms with Gasteiger partial charge >= 0.3 is 0 Å². The molecule has 0 amide bonds. The summed E-state index contributed by atoms with van der Waals surface area (Å²) in [5.74, 6) is 0. The molecule has 1 aromatic rings. The molecule has 0 aliphatic carbocycles. The lowest BCUT2D eigenvalue weighted by Crippen LogP contribution is -2.46. The zero-order chi connectivity index (χ0) is 13.8. The molecule has 0 spiro atoms. The highest BCUT2D eigenvalue weighted by atomic mass is 16.5. The van der Waals surface area contributed by atoms with Gasteiger partial charge in [0, 0.05) is 31.3 Å². The van der Waals surface area contributed by atoms with Gasteiger partial charge in [-0.1, -0.05) is 30.3 Å². The Morgan fingerprint density at radius 3 is 2.85 bits per heavy atom. The van der Waals surface area contributed by atoms with Crippen LogP contribution in [-0.4, -0.2) is 49.3 Å². The number of nitrogens with zero attached hydrogens (tertiary/aromatic N) is 1. The molecule has 0 bridgehead atoms. The van der Waals surface area contributed by atoms with Crippen molar-refractivity contribution in [3.8, 4) is 0 Å². The Bertz CT molecular complexity index is 403. The first-order valence-corrected chi connectivity index (χ1v) is 7.94. The van der Waals surface area contributed by atoms with Crippen LogP contribution >= 0.6 is 0 Å².